The van der Waals surface area contributed by atoms with Gasteiger partial charge in [-0.05, 0) is 48.0 Å². The van der Waals surface area contributed by atoms with Gasteiger partial charge >= 0.3 is 5.97 Å². The predicted molar refractivity (Wildman–Crippen MR) is 158 cm³/mol. The average molecular weight is 583 g/mol. The van der Waals surface area contributed by atoms with E-state index in [1.165, 1.54) is 26.4 Å². The fourth-order valence-corrected chi connectivity index (χ4v) is 4.72. The molecule has 3 aromatic heterocycles. The molecule has 0 spiro atoms. The molecule has 0 fully saturated rings. The number of esters is 1. The third kappa shape index (κ3) is 6.99. The predicted octanol–water partition coefficient (Wildman–Crippen LogP) is 3.35. The Hall–Kier alpha value is -5.65. The molecule has 5 aromatic rings. The highest BCUT2D eigenvalue weighted by atomic mass is 16.5. The number of furan rings is 1. The normalized spacial score (nSPS) is 12.3. The van der Waals surface area contributed by atoms with Crippen molar-refractivity contribution in [3.05, 3.63) is 96.4 Å². The molecule has 0 radical (unpaired) electrons. The topological polar surface area (TPSA) is 171 Å². The molecule has 0 aliphatic heterocycles. The molecule has 12 nitrogen and oxygen atoms in total. The highest BCUT2D eigenvalue weighted by molar-refractivity contribution is 5.97. The van der Waals surface area contributed by atoms with Crippen LogP contribution < -0.4 is 16.0 Å². The first-order valence-electron chi connectivity index (χ1n) is 13.5. The highest BCUT2D eigenvalue weighted by Crippen LogP contribution is 2.24. The van der Waals surface area contributed by atoms with Crippen molar-refractivity contribution in [1.82, 2.24) is 25.6 Å². The summed E-state index contributed by atoms with van der Waals surface area (Å²) in [6.45, 7) is 1.42. The van der Waals surface area contributed by atoms with Gasteiger partial charge in [0.25, 0.3) is 5.91 Å². The maximum atomic E-state index is 13.6. The van der Waals surface area contributed by atoms with Crippen molar-refractivity contribution >= 4 is 40.3 Å². The number of benzene rings is 2. The van der Waals surface area contributed by atoms with Gasteiger partial charge in [0.2, 0.25) is 11.8 Å². The molecule has 0 unspecified atom stereocenters. The molecule has 43 heavy (non-hydrogen) atoms. The molecule has 220 valence electrons. The second-order valence-electron chi connectivity index (χ2n) is 9.88. The van der Waals surface area contributed by atoms with Crippen LogP contribution in [0.3, 0.4) is 0 Å². The van der Waals surface area contributed by atoms with E-state index in [4.69, 9.17) is 9.15 Å². The summed E-state index contributed by atoms with van der Waals surface area (Å²) in [7, 11) is 1.24. The number of aromatic nitrogens is 3. The maximum Gasteiger partial charge on any atom is 0.328 e. The van der Waals surface area contributed by atoms with Crippen molar-refractivity contribution < 1.29 is 28.3 Å². The Labute approximate surface area is 246 Å². The second-order valence-corrected chi connectivity index (χ2v) is 9.88. The largest absolute Gasteiger partial charge is 0.467 e. The quantitative estimate of drug-likeness (QED) is 0.149. The number of para-hydroxylation sites is 1. The Kier molecular flexibility index (Phi) is 8.66. The van der Waals surface area contributed by atoms with Gasteiger partial charge in [0.05, 0.1) is 13.4 Å². The Morgan fingerprint density at radius 3 is 2.44 bits per heavy atom. The zero-order valence-electron chi connectivity index (χ0n) is 23.5. The van der Waals surface area contributed by atoms with Crippen molar-refractivity contribution in [2.24, 2.45) is 0 Å². The number of H-pyrrole nitrogens is 2. The maximum absolute atomic E-state index is 13.6. The summed E-state index contributed by atoms with van der Waals surface area (Å²) in [5, 5.41) is 9.10. The smallest absolute Gasteiger partial charge is 0.328 e. The Balaban J connectivity index is 1.36. The van der Waals surface area contributed by atoms with Gasteiger partial charge < -0.3 is 35.1 Å². The lowest BCUT2D eigenvalue weighted by Crippen LogP contribution is -2.53. The monoisotopic (exact) mass is 582 g/mol. The van der Waals surface area contributed by atoms with E-state index in [0.29, 0.717) is 22.7 Å². The zero-order valence-corrected chi connectivity index (χ0v) is 23.5. The number of nitrogens with one attached hydrogen (secondary N) is 5. The number of nitrogens with zero attached hydrogens (tertiary/aromatic N) is 1. The lowest BCUT2D eigenvalue weighted by Gasteiger charge is -2.22. The Morgan fingerprint density at radius 1 is 0.930 bits per heavy atom. The third-order valence-corrected chi connectivity index (χ3v) is 6.82. The van der Waals surface area contributed by atoms with E-state index in [9.17, 15) is 19.2 Å². The molecule has 0 saturated carbocycles. The lowest BCUT2D eigenvalue weighted by molar-refractivity contribution is -0.145. The van der Waals surface area contributed by atoms with Crippen LogP contribution in [0.1, 0.15) is 28.7 Å². The number of ether oxygens (including phenoxy) is 1. The summed E-state index contributed by atoms with van der Waals surface area (Å²) in [5.41, 5.74) is 3.64. The Bertz CT molecular complexity index is 1740. The molecule has 2 aromatic carbocycles. The minimum absolute atomic E-state index is 0.000331. The van der Waals surface area contributed by atoms with E-state index in [2.05, 4.69) is 30.9 Å². The summed E-state index contributed by atoms with van der Waals surface area (Å²) < 4.78 is 10.7. The molecule has 0 saturated heterocycles. The minimum atomic E-state index is -1.06. The number of hydrogen-bond donors (Lipinski definition) is 5. The van der Waals surface area contributed by atoms with E-state index in [0.717, 1.165) is 16.5 Å². The van der Waals surface area contributed by atoms with Crippen LogP contribution in [0, 0.1) is 0 Å². The van der Waals surface area contributed by atoms with E-state index in [1.54, 1.807) is 42.7 Å². The molecule has 5 rings (SSSR count). The second kappa shape index (κ2) is 12.9. The van der Waals surface area contributed by atoms with Crippen LogP contribution in [-0.4, -0.2) is 57.8 Å². The van der Waals surface area contributed by atoms with Gasteiger partial charge in [-0.1, -0.05) is 18.2 Å². The number of anilines is 1. The summed E-state index contributed by atoms with van der Waals surface area (Å²) in [6.07, 6.45) is 5.07. The summed E-state index contributed by atoms with van der Waals surface area (Å²) in [4.78, 5) is 60.9. The van der Waals surface area contributed by atoms with Crippen LogP contribution >= 0.6 is 0 Å². The van der Waals surface area contributed by atoms with E-state index in [-0.39, 0.29) is 24.5 Å². The Morgan fingerprint density at radius 2 is 1.72 bits per heavy atom. The number of imidazole rings is 1. The fraction of sp³-hybridized carbons (Fsp3) is 0.194. The van der Waals surface area contributed by atoms with Gasteiger partial charge in [0.1, 0.15) is 17.8 Å². The van der Waals surface area contributed by atoms with Crippen LogP contribution in [-0.2, 0) is 32.0 Å². The number of rotatable bonds is 11. The van der Waals surface area contributed by atoms with Gasteiger partial charge in [-0.15, -0.1) is 0 Å². The van der Waals surface area contributed by atoms with Gasteiger partial charge in [-0.2, -0.15) is 0 Å². The van der Waals surface area contributed by atoms with Gasteiger partial charge in [-0.25, -0.2) is 9.78 Å². The number of hydrogen-bond acceptors (Lipinski definition) is 7. The van der Waals surface area contributed by atoms with Crippen LogP contribution in [0.15, 0.2) is 83.8 Å². The summed E-state index contributed by atoms with van der Waals surface area (Å²) in [5.74, 6) is -1.57. The van der Waals surface area contributed by atoms with Gasteiger partial charge in [-0.3, -0.25) is 14.4 Å². The molecule has 12 heteroatoms. The standard InChI is InChI=1S/C31H30N6O6/c1-18(38)35-21-9-7-19(8-10-21)27-11-12-28(43-27)30(40)36-25(13-20-15-33-24-6-4-3-5-23(20)24)29(39)37-26(31(41)42-2)14-22-16-32-17-34-22/h3-12,15-17,25-26,33H,13-14H2,1-2H3,(H,32,34)(H,35,38)(H,36,40)(H,37,39)/t25-,26-/m0/s1. The van der Waals surface area contributed by atoms with E-state index in [1.807, 2.05) is 24.3 Å². The third-order valence-electron chi connectivity index (χ3n) is 6.82. The first kappa shape index (κ1) is 28.9. The highest BCUT2D eigenvalue weighted by Gasteiger charge is 2.29. The van der Waals surface area contributed by atoms with Crippen LogP contribution in [0.2, 0.25) is 0 Å². The molecule has 2 atom stereocenters. The molecule has 3 amide bonds. The van der Waals surface area contributed by atoms with Crippen molar-refractivity contribution in [2.45, 2.75) is 31.8 Å². The molecular weight excluding hydrogens is 552 g/mol. The molecule has 5 N–H and O–H groups in total. The number of fused-ring (bicyclic) bond motifs is 1. The average Bonchev–Trinajstić information content (AvgIpc) is 3.78. The first-order chi connectivity index (χ1) is 20.8. The first-order valence-corrected chi connectivity index (χ1v) is 13.5. The number of methoxy groups -OCH3 is 1. The van der Waals surface area contributed by atoms with Gasteiger partial charge in [0, 0.05) is 60.0 Å². The number of carbonyl (C=O) groups is 4. The SMILES string of the molecule is COC(=O)[C@H](Cc1cnc[nH]1)NC(=O)[C@H](Cc1c[nH]c2ccccc12)NC(=O)c1ccc(-c2ccc(NC(C)=O)cc2)o1. The van der Waals surface area contributed by atoms with E-state index < -0.39 is 29.9 Å². The molecular formula is C31H30N6O6. The van der Waals surface area contributed by atoms with Crippen molar-refractivity contribution in [3.63, 3.8) is 0 Å². The number of aromatic amines is 2. The molecule has 0 aliphatic carbocycles. The van der Waals surface area contributed by atoms with Gasteiger partial charge in [0.15, 0.2) is 5.76 Å². The van der Waals surface area contributed by atoms with Crippen molar-refractivity contribution in [2.75, 3.05) is 12.4 Å². The van der Waals surface area contributed by atoms with Crippen LogP contribution in [0.5, 0.6) is 0 Å². The number of carbonyl (C=O) groups excluding carboxylic acids is 4. The lowest BCUT2D eigenvalue weighted by atomic mass is 10.0. The fourth-order valence-electron chi connectivity index (χ4n) is 4.72. The molecule has 0 aliphatic rings. The minimum Gasteiger partial charge on any atom is -0.467 e. The summed E-state index contributed by atoms with van der Waals surface area (Å²) in [6, 6.07) is 15.7. The van der Waals surface area contributed by atoms with Crippen molar-refractivity contribution in [1.29, 1.82) is 0 Å². The zero-order chi connectivity index (χ0) is 30.3. The molecule has 0 bridgehead atoms. The van der Waals surface area contributed by atoms with Crippen molar-refractivity contribution in [3.8, 4) is 11.3 Å². The van der Waals surface area contributed by atoms with Crippen LogP contribution in [0.25, 0.3) is 22.2 Å². The number of amides is 3. The summed E-state index contributed by atoms with van der Waals surface area (Å²) >= 11 is 0. The molecule has 3 heterocycles. The van der Waals surface area contributed by atoms with E-state index >= 15 is 0 Å². The van der Waals surface area contributed by atoms with Crippen LogP contribution in [0.4, 0.5) is 5.69 Å².